The molecular weight excluding hydrogens is 156 g/mol. The lowest BCUT2D eigenvalue weighted by molar-refractivity contribution is -0.136. The van der Waals surface area contributed by atoms with Gasteiger partial charge in [-0.25, -0.2) is 0 Å². The molecule has 1 atom stereocenters. The summed E-state index contributed by atoms with van der Waals surface area (Å²) in [5.74, 6) is -0.725. The van der Waals surface area contributed by atoms with Crippen molar-refractivity contribution >= 4 is 14.0 Å². The Bertz CT molecular complexity index is 158. The zero-order valence-electron chi connectivity index (χ0n) is 7.42. The lowest BCUT2D eigenvalue weighted by Crippen LogP contribution is -2.28. The monoisotopic (exact) mass is 172 g/mol. The lowest BCUT2D eigenvalue weighted by Gasteiger charge is -2.23. The number of allylic oxidation sites excluding steroid dienone is 1. The van der Waals surface area contributed by atoms with Crippen LogP contribution in [0.3, 0.4) is 0 Å². The first-order valence-corrected chi connectivity index (χ1v) is 7.30. The maximum Gasteiger partial charge on any atom is 0.303 e. The van der Waals surface area contributed by atoms with Crippen LogP contribution < -0.4 is 0 Å². The van der Waals surface area contributed by atoms with Gasteiger partial charge in [0.05, 0.1) is 8.07 Å². The minimum Gasteiger partial charge on any atom is -0.481 e. The van der Waals surface area contributed by atoms with E-state index in [1.165, 1.54) is 0 Å². The standard InChI is InChI=1S/C8H16O2Si/c1-5-7(6-8(9)10)11(2,3)4/h5,7H,1,6H2,2-4H3,(H,9,10)/t7-/m1/s1. The Morgan fingerprint density at radius 2 is 2.09 bits per heavy atom. The van der Waals surface area contributed by atoms with E-state index in [0.29, 0.717) is 0 Å². The second-order valence-corrected chi connectivity index (χ2v) is 9.28. The fourth-order valence-electron chi connectivity index (χ4n) is 0.931. The first kappa shape index (κ1) is 10.4. The molecule has 0 radical (unpaired) electrons. The number of hydrogen-bond donors (Lipinski definition) is 1. The molecule has 0 aliphatic rings. The molecule has 0 aliphatic carbocycles. The molecule has 1 N–H and O–H groups in total. The van der Waals surface area contributed by atoms with Crippen LogP contribution in [0.25, 0.3) is 0 Å². The topological polar surface area (TPSA) is 37.3 Å². The highest BCUT2D eigenvalue weighted by Gasteiger charge is 2.25. The molecule has 3 heteroatoms. The molecule has 2 nitrogen and oxygen atoms in total. The molecule has 0 bridgehead atoms. The summed E-state index contributed by atoms with van der Waals surface area (Å²) in [6.45, 7) is 10.1. The molecule has 0 unspecified atom stereocenters. The maximum atomic E-state index is 10.4. The van der Waals surface area contributed by atoms with E-state index < -0.39 is 14.0 Å². The molecule has 0 heterocycles. The largest absolute Gasteiger partial charge is 0.481 e. The van der Waals surface area contributed by atoms with Crippen molar-refractivity contribution in [1.29, 1.82) is 0 Å². The van der Waals surface area contributed by atoms with Crippen LogP contribution >= 0.6 is 0 Å². The van der Waals surface area contributed by atoms with Crippen LogP contribution in [0.2, 0.25) is 25.2 Å². The molecular formula is C8H16O2Si. The summed E-state index contributed by atoms with van der Waals surface area (Å²) >= 11 is 0. The van der Waals surface area contributed by atoms with Gasteiger partial charge in [-0.2, -0.15) is 0 Å². The van der Waals surface area contributed by atoms with Crippen LogP contribution in [0.1, 0.15) is 6.42 Å². The van der Waals surface area contributed by atoms with E-state index in [9.17, 15) is 4.79 Å². The third-order valence-electron chi connectivity index (χ3n) is 1.79. The van der Waals surface area contributed by atoms with Crippen molar-refractivity contribution in [3.63, 3.8) is 0 Å². The van der Waals surface area contributed by atoms with Crippen LogP contribution in [0.5, 0.6) is 0 Å². The fraction of sp³-hybridized carbons (Fsp3) is 0.625. The van der Waals surface area contributed by atoms with Gasteiger partial charge in [0.2, 0.25) is 0 Å². The minimum absolute atomic E-state index is 0.194. The minimum atomic E-state index is -1.35. The van der Waals surface area contributed by atoms with Gasteiger partial charge < -0.3 is 5.11 Å². The van der Waals surface area contributed by atoms with Crippen molar-refractivity contribution < 1.29 is 9.90 Å². The SMILES string of the molecule is C=C[C@H](CC(=O)O)[Si](C)(C)C. The summed E-state index contributed by atoms with van der Waals surface area (Å²) in [5, 5.41) is 8.55. The van der Waals surface area contributed by atoms with Crippen molar-refractivity contribution in [3.05, 3.63) is 12.7 Å². The van der Waals surface area contributed by atoms with E-state index in [1.54, 1.807) is 6.08 Å². The number of carboxylic acids is 1. The highest BCUT2D eigenvalue weighted by Crippen LogP contribution is 2.25. The average molecular weight is 172 g/mol. The van der Waals surface area contributed by atoms with Crippen LogP contribution in [0.4, 0.5) is 0 Å². The summed E-state index contributed by atoms with van der Waals surface area (Å²) in [6.07, 6.45) is 2.01. The van der Waals surface area contributed by atoms with E-state index in [2.05, 4.69) is 26.2 Å². The quantitative estimate of drug-likeness (QED) is 0.522. The van der Waals surface area contributed by atoms with Crippen molar-refractivity contribution in [2.24, 2.45) is 0 Å². The molecule has 0 aliphatic heterocycles. The highest BCUT2D eigenvalue weighted by molar-refractivity contribution is 6.78. The van der Waals surface area contributed by atoms with Gasteiger partial charge in [0.15, 0.2) is 0 Å². The normalized spacial score (nSPS) is 14.1. The first-order chi connectivity index (χ1) is 4.88. The molecule has 0 aromatic rings. The van der Waals surface area contributed by atoms with Gasteiger partial charge in [-0.05, 0) is 5.54 Å². The Balaban J connectivity index is 4.18. The Hall–Kier alpha value is -0.573. The van der Waals surface area contributed by atoms with Crippen molar-refractivity contribution in [2.75, 3.05) is 0 Å². The smallest absolute Gasteiger partial charge is 0.303 e. The molecule has 0 aromatic heterocycles. The molecule has 64 valence electrons. The van der Waals surface area contributed by atoms with E-state index in [-0.39, 0.29) is 12.0 Å². The molecule has 0 spiro atoms. The Morgan fingerprint density at radius 1 is 1.64 bits per heavy atom. The molecule has 0 amide bonds. The van der Waals surface area contributed by atoms with Crippen LogP contribution in [-0.2, 0) is 4.79 Å². The molecule has 0 saturated heterocycles. The summed E-state index contributed by atoms with van der Waals surface area (Å²) in [7, 11) is -1.35. The van der Waals surface area contributed by atoms with E-state index in [0.717, 1.165) is 0 Å². The molecule has 0 rings (SSSR count). The Labute approximate surface area is 68.9 Å². The molecule has 0 fully saturated rings. The Kier molecular flexibility index (Phi) is 3.52. The fourth-order valence-corrected chi connectivity index (χ4v) is 2.43. The summed E-state index contributed by atoms with van der Waals surface area (Å²) in [5.41, 5.74) is 0.194. The lowest BCUT2D eigenvalue weighted by atomic mass is 10.3. The summed E-state index contributed by atoms with van der Waals surface area (Å²) in [4.78, 5) is 10.4. The van der Waals surface area contributed by atoms with Crippen molar-refractivity contribution in [3.8, 4) is 0 Å². The Morgan fingerprint density at radius 3 is 2.18 bits per heavy atom. The third-order valence-corrected chi connectivity index (χ3v) is 4.46. The maximum absolute atomic E-state index is 10.4. The summed E-state index contributed by atoms with van der Waals surface area (Å²) < 4.78 is 0. The second-order valence-electron chi connectivity index (χ2n) is 3.81. The number of rotatable bonds is 4. The van der Waals surface area contributed by atoms with Crippen LogP contribution in [0, 0.1) is 0 Å². The number of carboxylic acid groups (broad SMARTS) is 1. The van der Waals surface area contributed by atoms with Crippen LogP contribution in [0.15, 0.2) is 12.7 Å². The third kappa shape index (κ3) is 3.98. The van der Waals surface area contributed by atoms with E-state index in [4.69, 9.17) is 5.11 Å². The summed E-state index contributed by atoms with van der Waals surface area (Å²) in [6, 6.07) is 0. The van der Waals surface area contributed by atoms with E-state index in [1.807, 2.05) is 0 Å². The van der Waals surface area contributed by atoms with Gasteiger partial charge in [0.25, 0.3) is 0 Å². The predicted molar refractivity (Wildman–Crippen MR) is 49.5 cm³/mol. The van der Waals surface area contributed by atoms with Gasteiger partial charge in [0, 0.05) is 6.42 Å². The predicted octanol–water partition coefficient (Wildman–Crippen LogP) is 2.36. The molecule has 0 aromatic carbocycles. The van der Waals surface area contributed by atoms with Gasteiger partial charge in [0.1, 0.15) is 0 Å². The van der Waals surface area contributed by atoms with E-state index >= 15 is 0 Å². The van der Waals surface area contributed by atoms with Gasteiger partial charge in [-0.3, -0.25) is 4.79 Å². The van der Waals surface area contributed by atoms with Gasteiger partial charge in [-0.1, -0.05) is 25.7 Å². The van der Waals surface area contributed by atoms with Crippen molar-refractivity contribution in [2.45, 2.75) is 31.6 Å². The molecule has 0 saturated carbocycles. The molecule has 11 heavy (non-hydrogen) atoms. The zero-order chi connectivity index (χ0) is 9.07. The van der Waals surface area contributed by atoms with Crippen LogP contribution in [-0.4, -0.2) is 19.1 Å². The second kappa shape index (κ2) is 3.71. The van der Waals surface area contributed by atoms with Crippen molar-refractivity contribution in [1.82, 2.24) is 0 Å². The van der Waals surface area contributed by atoms with Gasteiger partial charge >= 0.3 is 5.97 Å². The number of carbonyl (C=O) groups is 1. The van der Waals surface area contributed by atoms with Gasteiger partial charge in [-0.15, -0.1) is 6.58 Å². The highest BCUT2D eigenvalue weighted by atomic mass is 28.3. The first-order valence-electron chi connectivity index (χ1n) is 3.72. The number of aliphatic carboxylic acids is 1. The average Bonchev–Trinajstić information content (AvgIpc) is 1.79. The zero-order valence-corrected chi connectivity index (χ0v) is 8.42. The number of hydrogen-bond acceptors (Lipinski definition) is 1.